The molecule has 2 aromatic rings. The van der Waals surface area contributed by atoms with Crippen molar-refractivity contribution in [3.8, 4) is 0 Å². The van der Waals surface area contributed by atoms with E-state index in [1.165, 1.54) is 16.7 Å². The van der Waals surface area contributed by atoms with Crippen molar-refractivity contribution in [3.63, 3.8) is 0 Å². The Morgan fingerprint density at radius 3 is 2.70 bits per heavy atom. The van der Waals surface area contributed by atoms with E-state index in [0.717, 1.165) is 18.4 Å². The van der Waals surface area contributed by atoms with Crippen molar-refractivity contribution in [2.75, 3.05) is 13.1 Å². The zero-order valence-corrected chi connectivity index (χ0v) is 13.2. The lowest BCUT2D eigenvalue weighted by atomic mass is 9.96. The third-order valence-corrected chi connectivity index (χ3v) is 4.18. The van der Waals surface area contributed by atoms with Gasteiger partial charge in [-0.05, 0) is 41.6 Å². The van der Waals surface area contributed by atoms with Crippen LogP contribution in [0.15, 0.2) is 48.5 Å². The molecule has 0 aromatic heterocycles. The van der Waals surface area contributed by atoms with E-state index < -0.39 is 0 Å². The number of hydrogen-bond acceptors (Lipinski definition) is 3. The largest absolute Gasteiger partial charge is 0.445 e. The van der Waals surface area contributed by atoms with Gasteiger partial charge in [0.2, 0.25) is 0 Å². The highest BCUT2D eigenvalue weighted by Gasteiger charge is 2.21. The molecule has 3 rings (SSSR count). The quantitative estimate of drug-likeness (QED) is 0.944. The Hall–Kier alpha value is -2.33. The second-order valence-corrected chi connectivity index (χ2v) is 5.85. The number of nitrogens with two attached hydrogens (primary N) is 1. The lowest BCUT2D eigenvalue weighted by Crippen LogP contribution is -2.36. The minimum atomic E-state index is -0.247. The Morgan fingerprint density at radius 2 is 1.91 bits per heavy atom. The summed E-state index contributed by atoms with van der Waals surface area (Å²) in [4.78, 5) is 14.1. The number of rotatable bonds is 4. The van der Waals surface area contributed by atoms with E-state index in [9.17, 15) is 4.79 Å². The first kappa shape index (κ1) is 15.6. The molecule has 0 radical (unpaired) electrons. The van der Waals surface area contributed by atoms with Crippen LogP contribution in [0.25, 0.3) is 0 Å². The van der Waals surface area contributed by atoms with Gasteiger partial charge in [0.05, 0.1) is 0 Å². The van der Waals surface area contributed by atoms with Crippen LogP contribution in [0, 0.1) is 0 Å². The summed E-state index contributed by atoms with van der Waals surface area (Å²) in [6.07, 6.45) is 1.49. The minimum Gasteiger partial charge on any atom is -0.445 e. The van der Waals surface area contributed by atoms with E-state index in [1.54, 1.807) is 4.90 Å². The van der Waals surface area contributed by atoms with E-state index in [0.29, 0.717) is 26.2 Å². The summed E-state index contributed by atoms with van der Waals surface area (Å²) in [5.74, 6) is 0. The zero-order chi connectivity index (χ0) is 16.1. The summed E-state index contributed by atoms with van der Waals surface area (Å²) >= 11 is 0. The fourth-order valence-corrected chi connectivity index (χ4v) is 2.90. The van der Waals surface area contributed by atoms with Crippen LogP contribution in [-0.2, 0) is 30.7 Å². The maximum absolute atomic E-state index is 12.3. The summed E-state index contributed by atoms with van der Waals surface area (Å²) in [6.45, 7) is 2.27. The highest BCUT2D eigenvalue weighted by atomic mass is 16.6. The van der Waals surface area contributed by atoms with Crippen molar-refractivity contribution >= 4 is 6.09 Å². The van der Waals surface area contributed by atoms with Crippen molar-refractivity contribution < 1.29 is 9.53 Å². The number of ether oxygens (including phenoxy) is 1. The van der Waals surface area contributed by atoms with Crippen LogP contribution in [0.5, 0.6) is 0 Å². The monoisotopic (exact) mass is 310 g/mol. The number of carbonyl (C=O) groups is 1. The Labute approximate surface area is 136 Å². The van der Waals surface area contributed by atoms with Crippen LogP contribution in [0.1, 0.15) is 22.3 Å². The molecule has 4 nitrogen and oxygen atoms in total. The highest BCUT2D eigenvalue weighted by Crippen LogP contribution is 2.21. The van der Waals surface area contributed by atoms with Gasteiger partial charge in [-0.1, -0.05) is 48.5 Å². The summed E-state index contributed by atoms with van der Waals surface area (Å²) < 4.78 is 5.43. The second kappa shape index (κ2) is 7.29. The lowest BCUT2D eigenvalue weighted by Gasteiger charge is -2.28. The zero-order valence-electron chi connectivity index (χ0n) is 13.2. The maximum Gasteiger partial charge on any atom is 0.410 e. The first-order chi connectivity index (χ1) is 11.3. The minimum absolute atomic E-state index is 0.247. The van der Waals surface area contributed by atoms with Crippen LogP contribution < -0.4 is 5.73 Å². The van der Waals surface area contributed by atoms with Crippen LogP contribution >= 0.6 is 0 Å². The number of nitrogens with zero attached hydrogens (tertiary/aromatic N) is 1. The average Bonchev–Trinajstić information content (AvgIpc) is 2.60. The molecule has 0 spiro atoms. The molecule has 0 saturated carbocycles. The Balaban J connectivity index is 1.61. The van der Waals surface area contributed by atoms with Crippen molar-refractivity contribution in [2.24, 2.45) is 5.73 Å². The molecule has 2 aromatic carbocycles. The molecule has 23 heavy (non-hydrogen) atoms. The molecule has 0 atom stereocenters. The first-order valence-corrected chi connectivity index (χ1v) is 8.02. The maximum atomic E-state index is 12.3. The average molecular weight is 310 g/mol. The van der Waals surface area contributed by atoms with Crippen LogP contribution in [0.2, 0.25) is 0 Å². The molecule has 0 saturated heterocycles. The fourth-order valence-electron chi connectivity index (χ4n) is 2.90. The molecule has 0 fully saturated rings. The van der Waals surface area contributed by atoms with Gasteiger partial charge in [-0.3, -0.25) is 0 Å². The molecule has 0 unspecified atom stereocenters. The van der Waals surface area contributed by atoms with Gasteiger partial charge in [-0.25, -0.2) is 4.79 Å². The molecule has 1 amide bonds. The number of fused-ring (bicyclic) bond motifs is 1. The fraction of sp³-hybridized carbons (Fsp3) is 0.316. The standard InChI is InChI=1S/C19H22N2O2/c20-10-8-15-6-7-17-9-11-21(13-18(17)12-15)19(22)23-14-16-4-2-1-3-5-16/h1-7,12H,8-11,13-14,20H2. The Morgan fingerprint density at radius 1 is 1.09 bits per heavy atom. The molecular formula is C19H22N2O2. The molecule has 0 bridgehead atoms. The third-order valence-electron chi connectivity index (χ3n) is 4.18. The number of carbonyl (C=O) groups excluding carboxylic acids is 1. The van der Waals surface area contributed by atoms with E-state index in [4.69, 9.17) is 10.5 Å². The number of amides is 1. The summed E-state index contributed by atoms with van der Waals surface area (Å²) in [6, 6.07) is 16.2. The molecule has 1 aliphatic rings. The molecular weight excluding hydrogens is 288 g/mol. The second-order valence-electron chi connectivity index (χ2n) is 5.85. The van der Waals surface area contributed by atoms with Gasteiger partial charge < -0.3 is 15.4 Å². The van der Waals surface area contributed by atoms with E-state index in [-0.39, 0.29) is 6.09 Å². The predicted octanol–water partition coefficient (Wildman–Crippen LogP) is 2.88. The van der Waals surface area contributed by atoms with Gasteiger partial charge in [-0.15, -0.1) is 0 Å². The molecule has 4 heteroatoms. The van der Waals surface area contributed by atoms with Gasteiger partial charge in [-0.2, -0.15) is 0 Å². The highest BCUT2D eigenvalue weighted by molar-refractivity contribution is 5.68. The van der Waals surface area contributed by atoms with Crippen molar-refractivity contribution in [2.45, 2.75) is 26.0 Å². The number of hydrogen-bond donors (Lipinski definition) is 1. The van der Waals surface area contributed by atoms with Gasteiger partial charge in [0, 0.05) is 13.1 Å². The predicted molar refractivity (Wildman–Crippen MR) is 89.9 cm³/mol. The summed E-state index contributed by atoms with van der Waals surface area (Å²) in [5, 5.41) is 0. The van der Waals surface area contributed by atoms with E-state index >= 15 is 0 Å². The molecule has 1 aliphatic heterocycles. The van der Waals surface area contributed by atoms with Crippen molar-refractivity contribution in [1.82, 2.24) is 4.90 Å². The van der Waals surface area contributed by atoms with E-state index in [2.05, 4.69) is 18.2 Å². The van der Waals surface area contributed by atoms with Gasteiger partial charge in [0.25, 0.3) is 0 Å². The van der Waals surface area contributed by atoms with Gasteiger partial charge >= 0.3 is 6.09 Å². The Bertz CT molecular complexity index is 670. The van der Waals surface area contributed by atoms with Crippen LogP contribution in [-0.4, -0.2) is 24.1 Å². The van der Waals surface area contributed by atoms with Gasteiger partial charge in [0.15, 0.2) is 0 Å². The summed E-state index contributed by atoms with van der Waals surface area (Å²) in [7, 11) is 0. The normalized spacial score (nSPS) is 13.5. The number of benzene rings is 2. The van der Waals surface area contributed by atoms with Crippen molar-refractivity contribution in [1.29, 1.82) is 0 Å². The third kappa shape index (κ3) is 3.90. The lowest BCUT2D eigenvalue weighted by molar-refractivity contribution is 0.0918. The molecule has 120 valence electrons. The van der Waals surface area contributed by atoms with Crippen molar-refractivity contribution in [3.05, 3.63) is 70.8 Å². The molecule has 1 heterocycles. The van der Waals surface area contributed by atoms with Gasteiger partial charge in [0.1, 0.15) is 6.61 Å². The molecule has 2 N–H and O–H groups in total. The Kier molecular flexibility index (Phi) is 4.93. The topological polar surface area (TPSA) is 55.6 Å². The van der Waals surface area contributed by atoms with Crippen LogP contribution in [0.4, 0.5) is 4.79 Å². The SMILES string of the molecule is NCCc1ccc2c(c1)CN(C(=O)OCc1ccccc1)CC2. The summed E-state index contributed by atoms with van der Waals surface area (Å²) in [5.41, 5.74) is 10.4. The van der Waals surface area contributed by atoms with Crippen LogP contribution in [0.3, 0.4) is 0 Å². The smallest absolute Gasteiger partial charge is 0.410 e. The molecule has 0 aliphatic carbocycles. The first-order valence-electron chi connectivity index (χ1n) is 8.02. The van der Waals surface area contributed by atoms with E-state index in [1.807, 2.05) is 30.3 Å².